The van der Waals surface area contributed by atoms with Gasteiger partial charge in [-0.1, -0.05) is 42.5 Å². The van der Waals surface area contributed by atoms with E-state index in [1.807, 2.05) is 54.6 Å². The van der Waals surface area contributed by atoms with Crippen LogP contribution in [0.3, 0.4) is 0 Å². The van der Waals surface area contributed by atoms with Gasteiger partial charge in [-0.15, -0.1) is 0 Å². The quantitative estimate of drug-likeness (QED) is 0.834. The molecular weight excluding hydrogens is 324 g/mol. The van der Waals surface area contributed by atoms with E-state index in [0.29, 0.717) is 26.2 Å². The first kappa shape index (κ1) is 16.8. The summed E-state index contributed by atoms with van der Waals surface area (Å²) in [6.45, 7) is 2.31. The van der Waals surface area contributed by atoms with Crippen molar-refractivity contribution in [2.45, 2.75) is 5.75 Å². The number of anilines is 1. The number of benzene rings is 2. The SMILES string of the molecule is COc1ccccc1N1CCN(S(=O)(=O)Cc2ccccc2)CC1. The van der Waals surface area contributed by atoms with Crippen molar-refractivity contribution in [3.63, 3.8) is 0 Å². The van der Waals surface area contributed by atoms with E-state index in [-0.39, 0.29) is 5.75 Å². The van der Waals surface area contributed by atoms with E-state index in [1.54, 1.807) is 11.4 Å². The lowest BCUT2D eigenvalue weighted by atomic mass is 10.2. The van der Waals surface area contributed by atoms with Gasteiger partial charge in [0.15, 0.2) is 0 Å². The molecule has 0 aliphatic carbocycles. The van der Waals surface area contributed by atoms with Gasteiger partial charge >= 0.3 is 0 Å². The predicted molar refractivity (Wildman–Crippen MR) is 95.8 cm³/mol. The highest BCUT2D eigenvalue weighted by Gasteiger charge is 2.27. The Morgan fingerprint density at radius 1 is 0.917 bits per heavy atom. The minimum atomic E-state index is -3.28. The summed E-state index contributed by atoms with van der Waals surface area (Å²) in [6, 6.07) is 17.2. The highest BCUT2D eigenvalue weighted by Crippen LogP contribution is 2.28. The van der Waals surface area contributed by atoms with E-state index >= 15 is 0 Å². The lowest BCUT2D eigenvalue weighted by molar-refractivity contribution is 0.378. The van der Waals surface area contributed by atoms with Crippen LogP contribution in [0.25, 0.3) is 0 Å². The molecule has 3 rings (SSSR count). The highest BCUT2D eigenvalue weighted by molar-refractivity contribution is 7.88. The van der Waals surface area contributed by atoms with Gasteiger partial charge in [-0.2, -0.15) is 4.31 Å². The van der Waals surface area contributed by atoms with E-state index in [1.165, 1.54) is 0 Å². The van der Waals surface area contributed by atoms with Crippen LogP contribution in [0.5, 0.6) is 5.75 Å². The van der Waals surface area contributed by atoms with Crippen molar-refractivity contribution >= 4 is 15.7 Å². The number of nitrogens with zero attached hydrogens (tertiary/aromatic N) is 2. The number of hydrogen-bond acceptors (Lipinski definition) is 4. The number of methoxy groups -OCH3 is 1. The Morgan fingerprint density at radius 3 is 2.21 bits per heavy atom. The smallest absolute Gasteiger partial charge is 0.218 e. The maximum Gasteiger partial charge on any atom is 0.218 e. The average Bonchev–Trinajstić information content (AvgIpc) is 2.62. The fraction of sp³-hybridized carbons (Fsp3) is 0.333. The van der Waals surface area contributed by atoms with Gasteiger partial charge in [0.05, 0.1) is 18.6 Å². The van der Waals surface area contributed by atoms with Gasteiger partial charge in [0.25, 0.3) is 0 Å². The molecule has 2 aromatic carbocycles. The summed E-state index contributed by atoms with van der Waals surface area (Å²) in [7, 11) is -1.63. The number of piperazine rings is 1. The Hall–Kier alpha value is -2.05. The molecule has 5 nitrogen and oxygen atoms in total. The van der Waals surface area contributed by atoms with Crippen LogP contribution in [0.15, 0.2) is 54.6 Å². The van der Waals surface area contributed by atoms with Gasteiger partial charge in [0.2, 0.25) is 10.0 Å². The number of ether oxygens (including phenoxy) is 1. The minimum Gasteiger partial charge on any atom is -0.495 e. The Balaban J connectivity index is 1.66. The summed E-state index contributed by atoms with van der Waals surface area (Å²) < 4.78 is 32.2. The average molecular weight is 346 g/mol. The molecule has 0 aromatic heterocycles. The molecule has 0 spiro atoms. The van der Waals surface area contributed by atoms with Crippen LogP contribution in [-0.2, 0) is 15.8 Å². The second-order valence-electron chi connectivity index (χ2n) is 5.80. The number of hydrogen-bond donors (Lipinski definition) is 0. The highest BCUT2D eigenvalue weighted by atomic mass is 32.2. The molecule has 1 aliphatic rings. The molecule has 0 atom stereocenters. The first-order valence-electron chi connectivity index (χ1n) is 8.00. The van der Waals surface area contributed by atoms with Gasteiger partial charge in [-0.3, -0.25) is 0 Å². The molecule has 24 heavy (non-hydrogen) atoms. The summed E-state index contributed by atoms with van der Waals surface area (Å²) in [5, 5.41) is 0. The van der Waals surface area contributed by atoms with Gasteiger partial charge in [-0.05, 0) is 17.7 Å². The topological polar surface area (TPSA) is 49.9 Å². The van der Waals surface area contributed by atoms with Crippen LogP contribution in [0, 0.1) is 0 Å². The zero-order valence-corrected chi connectivity index (χ0v) is 14.6. The molecule has 0 radical (unpaired) electrons. The van der Waals surface area contributed by atoms with Crippen molar-refractivity contribution in [2.75, 3.05) is 38.2 Å². The van der Waals surface area contributed by atoms with Crippen molar-refractivity contribution in [2.24, 2.45) is 0 Å². The normalized spacial score (nSPS) is 16.1. The molecule has 2 aromatic rings. The third-order valence-corrected chi connectivity index (χ3v) is 6.10. The second-order valence-corrected chi connectivity index (χ2v) is 7.77. The molecule has 1 fully saturated rings. The summed E-state index contributed by atoms with van der Waals surface area (Å²) in [4.78, 5) is 2.17. The summed E-state index contributed by atoms with van der Waals surface area (Å²) in [6.07, 6.45) is 0. The van der Waals surface area contributed by atoms with Gasteiger partial charge in [0.1, 0.15) is 5.75 Å². The minimum absolute atomic E-state index is 0.0580. The van der Waals surface area contributed by atoms with E-state index in [9.17, 15) is 8.42 Å². The summed E-state index contributed by atoms with van der Waals surface area (Å²) in [5.41, 5.74) is 1.84. The fourth-order valence-electron chi connectivity index (χ4n) is 2.97. The van der Waals surface area contributed by atoms with Crippen LogP contribution in [-0.4, -0.2) is 46.0 Å². The number of sulfonamides is 1. The second kappa shape index (κ2) is 7.23. The Bertz CT molecular complexity index is 770. The van der Waals surface area contributed by atoms with E-state index in [2.05, 4.69) is 4.90 Å². The molecule has 0 amide bonds. The van der Waals surface area contributed by atoms with Crippen molar-refractivity contribution in [3.8, 4) is 5.75 Å². The van der Waals surface area contributed by atoms with Crippen LogP contribution in [0.2, 0.25) is 0 Å². The molecular formula is C18H22N2O3S. The van der Waals surface area contributed by atoms with Crippen molar-refractivity contribution in [3.05, 3.63) is 60.2 Å². The van der Waals surface area contributed by atoms with Crippen molar-refractivity contribution in [1.29, 1.82) is 0 Å². The maximum atomic E-state index is 12.6. The summed E-state index contributed by atoms with van der Waals surface area (Å²) in [5.74, 6) is 0.876. The lowest BCUT2D eigenvalue weighted by Crippen LogP contribution is -2.49. The molecule has 0 N–H and O–H groups in total. The van der Waals surface area contributed by atoms with E-state index < -0.39 is 10.0 Å². The zero-order chi connectivity index (χ0) is 17.0. The molecule has 0 saturated carbocycles. The molecule has 0 bridgehead atoms. The Labute approximate surface area is 143 Å². The zero-order valence-electron chi connectivity index (χ0n) is 13.8. The number of rotatable bonds is 5. The third-order valence-electron chi connectivity index (χ3n) is 4.25. The fourth-order valence-corrected chi connectivity index (χ4v) is 4.49. The molecule has 1 heterocycles. The van der Waals surface area contributed by atoms with Crippen LogP contribution in [0.1, 0.15) is 5.56 Å². The largest absolute Gasteiger partial charge is 0.495 e. The molecule has 1 saturated heterocycles. The molecule has 6 heteroatoms. The Morgan fingerprint density at radius 2 is 1.54 bits per heavy atom. The Kier molecular flexibility index (Phi) is 5.06. The van der Waals surface area contributed by atoms with Crippen LogP contribution in [0.4, 0.5) is 5.69 Å². The predicted octanol–water partition coefficient (Wildman–Crippen LogP) is 2.35. The standard InChI is InChI=1S/C18H22N2O3S/c1-23-18-10-6-5-9-17(18)19-11-13-20(14-12-19)24(21,22)15-16-7-3-2-4-8-16/h2-10H,11-15H2,1H3. The molecule has 128 valence electrons. The van der Waals surface area contributed by atoms with E-state index in [0.717, 1.165) is 17.0 Å². The monoisotopic (exact) mass is 346 g/mol. The van der Waals surface area contributed by atoms with Gasteiger partial charge < -0.3 is 9.64 Å². The first-order valence-corrected chi connectivity index (χ1v) is 9.61. The summed E-state index contributed by atoms with van der Waals surface area (Å²) >= 11 is 0. The van der Waals surface area contributed by atoms with Gasteiger partial charge in [0, 0.05) is 26.2 Å². The third kappa shape index (κ3) is 3.71. The van der Waals surface area contributed by atoms with Crippen molar-refractivity contribution < 1.29 is 13.2 Å². The van der Waals surface area contributed by atoms with Crippen LogP contribution >= 0.6 is 0 Å². The van der Waals surface area contributed by atoms with E-state index in [4.69, 9.17) is 4.74 Å². The maximum absolute atomic E-state index is 12.6. The molecule has 1 aliphatic heterocycles. The van der Waals surface area contributed by atoms with Crippen LogP contribution < -0.4 is 9.64 Å². The van der Waals surface area contributed by atoms with Gasteiger partial charge in [-0.25, -0.2) is 8.42 Å². The number of para-hydroxylation sites is 2. The van der Waals surface area contributed by atoms with Crippen molar-refractivity contribution in [1.82, 2.24) is 4.31 Å². The lowest BCUT2D eigenvalue weighted by Gasteiger charge is -2.36. The first-order chi connectivity index (χ1) is 11.6. The molecule has 0 unspecified atom stereocenters.